The molecule has 6 nitrogen and oxygen atoms in total. The van der Waals surface area contributed by atoms with Gasteiger partial charge in [0.05, 0.1) is 24.6 Å². The summed E-state index contributed by atoms with van der Waals surface area (Å²) in [6.45, 7) is 3.59. The van der Waals surface area contributed by atoms with Gasteiger partial charge < -0.3 is 14.8 Å². The zero-order valence-electron chi connectivity index (χ0n) is 10.9. The third-order valence-electron chi connectivity index (χ3n) is 2.53. The predicted molar refractivity (Wildman–Crippen MR) is 67.9 cm³/mol. The Morgan fingerprint density at radius 3 is 2.84 bits per heavy atom. The van der Waals surface area contributed by atoms with E-state index >= 15 is 0 Å². The standard InChI is InChI=1S/C13H16N2O4/c1-3-18-13(17)12(16)15-10-6-8(2)14-7-11(10)19-9-4-5-9/h6-7,9H,3-5H2,1-2H3,(H,14,15,16). The summed E-state index contributed by atoms with van der Waals surface area (Å²) in [6, 6.07) is 1.66. The number of amides is 1. The number of aromatic nitrogens is 1. The summed E-state index contributed by atoms with van der Waals surface area (Å²) in [5.41, 5.74) is 1.17. The molecule has 1 aromatic rings. The van der Waals surface area contributed by atoms with Crippen LogP contribution in [0, 0.1) is 6.92 Å². The van der Waals surface area contributed by atoms with Gasteiger partial charge in [-0.05, 0) is 32.8 Å². The van der Waals surface area contributed by atoms with Crippen molar-refractivity contribution < 1.29 is 19.1 Å². The molecule has 1 aromatic heterocycles. The summed E-state index contributed by atoms with van der Waals surface area (Å²) >= 11 is 0. The Kier molecular flexibility index (Phi) is 3.99. The van der Waals surface area contributed by atoms with Gasteiger partial charge in [-0.1, -0.05) is 0 Å². The lowest BCUT2D eigenvalue weighted by molar-refractivity contribution is -0.152. The van der Waals surface area contributed by atoms with Crippen LogP contribution >= 0.6 is 0 Å². The van der Waals surface area contributed by atoms with Crippen molar-refractivity contribution in [3.63, 3.8) is 0 Å². The minimum Gasteiger partial charge on any atom is -0.487 e. The maximum Gasteiger partial charge on any atom is 0.397 e. The largest absolute Gasteiger partial charge is 0.487 e. The molecular formula is C13H16N2O4. The van der Waals surface area contributed by atoms with E-state index in [1.54, 1.807) is 26.1 Å². The van der Waals surface area contributed by atoms with Crippen LogP contribution in [0.5, 0.6) is 5.75 Å². The van der Waals surface area contributed by atoms with Crippen molar-refractivity contribution >= 4 is 17.6 Å². The molecule has 0 radical (unpaired) electrons. The maximum atomic E-state index is 11.6. The molecule has 19 heavy (non-hydrogen) atoms. The van der Waals surface area contributed by atoms with E-state index in [0.717, 1.165) is 18.5 Å². The minimum absolute atomic E-state index is 0.160. The van der Waals surface area contributed by atoms with Crippen molar-refractivity contribution in [1.82, 2.24) is 4.98 Å². The SMILES string of the molecule is CCOC(=O)C(=O)Nc1cc(C)ncc1OC1CC1. The number of carbonyl (C=O) groups is 2. The number of rotatable bonds is 4. The molecule has 2 rings (SSSR count). The first-order valence-corrected chi connectivity index (χ1v) is 6.21. The van der Waals surface area contributed by atoms with Gasteiger partial charge in [0.15, 0.2) is 5.75 Å². The number of ether oxygens (including phenoxy) is 2. The summed E-state index contributed by atoms with van der Waals surface area (Å²) in [4.78, 5) is 27.0. The second kappa shape index (κ2) is 5.69. The van der Waals surface area contributed by atoms with Gasteiger partial charge >= 0.3 is 11.9 Å². The number of aryl methyl sites for hydroxylation is 1. The van der Waals surface area contributed by atoms with E-state index in [2.05, 4.69) is 15.0 Å². The molecule has 0 aliphatic heterocycles. The number of anilines is 1. The molecule has 102 valence electrons. The zero-order chi connectivity index (χ0) is 13.8. The first-order chi connectivity index (χ1) is 9.10. The Hall–Kier alpha value is -2.11. The van der Waals surface area contributed by atoms with Gasteiger partial charge in [-0.2, -0.15) is 0 Å². The topological polar surface area (TPSA) is 77.5 Å². The number of nitrogens with zero attached hydrogens (tertiary/aromatic N) is 1. The lowest BCUT2D eigenvalue weighted by Gasteiger charge is -2.11. The van der Waals surface area contributed by atoms with Gasteiger partial charge in [-0.3, -0.25) is 9.78 Å². The lowest BCUT2D eigenvalue weighted by Crippen LogP contribution is -2.25. The molecular weight excluding hydrogens is 248 g/mol. The molecule has 0 saturated heterocycles. The lowest BCUT2D eigenvalue weighted by atomic mass is 10.3. The molecule has 0 unspecified atom stereocenters. The van der Waals surface area contributed by atoms with Crippen LogP contribution in [-0.4, -0.2) is 29.6 Å². The van der Waals surface area contributed by atoms with E-state index in [1.165, 1.54) is 0 Å². The molecule has 1 aliphatic carbocycles. The fourth-order valence-corrected chi connectivity index (χ4v) is 1.47. The monoisotopic (exact) mass is 264 g/mol. The first-order valence-electron chi connectivity index (χ1n) is 6.21. The maximum absolute atomic E-state index is 11.6. The normalized spacial score (nSPS) is 13.8. The fraction of sp³-hybridized carbons (Fsp3) is 0.462. The van der Waals surface area contributed by atoms with Crippen LogP contribution in [0.1, 0.15) is 25.5 Å². The number of nitrogens with one attached hydrogen (secondary N) is 1. The molecule has 0 bridgehead atoms. The smallest absolute Gasteiger partial charge is 0.397 e. The molecule has 0 spiro atoms. The first kappa shape index (κ1) is 13.3. The number of pyridine rings is 1. The van der Waals surface area contributed by atoms with Crippen LogP contribution < -0.4 is 10.1 Å². The third-order valence-corrected chi connectivity index (χ3v) is 2.53. The highest BCUT2D eigenvalue weighted by molar-refractivity contribution is 6.37. The molecule has 1 N–H and O–H groups in total. The van der Waals surface area contributed by atoms with Crippen molar-refractivity contribution in [2.45, 2.75) is 32.8 Å². The van der Waals surface area contributed by atoms with Crippen molar-refractivity contribution in [2.24, 2.45) is 0 Å². The molecule has 1 amide bonds. The number of esters is 1. The Balaban J connectivity index is 2.10. The Morgan fingerprint density at radius 2 is 2.21 bits per heavy atom. The molecule has 0 aromatic carbocycles. The van der Waals surface area contributed by atoms with Crippen LogP contribution in [-0.2, 0) is 14.3 Å². The number of hydrogen-bond donors (Lipinski definition) is 1. The number of hydrogen-bond acceptors (Lipinski definition) is 5. The minimum atomic E-state index is -0.908. The summed E-state index contributed by atoms with van der Waals surface area (Å²) in [5, 5.41) is 2.49. The fourth-order valence-electron chi connectivity index (χ4n) is 1.47. The van der Waals surface area contributed by atoms with E-state index in [0.29, 0.717) is 11.4 Å². The van der Waals surface area contributed by atoms with Gasteiger partial charge in [0.1, 0.15) is 0 Å². The summed E-state index contributed by atoms with van der Waals surface area (Å²) < 4.78 is 10.3. The van der Waals surface area contributed by atoms with E-state index < -0.39 is 11.9 Å². The van der Waals surface area contributed by atoms with Crippen molar-refractivity contribution in [3.05, 3.63) is 18.0 Å². The number of carbonyl (C=O) groups excluding carboxylic acids is 2. The molecule has 1 aliphatic rings. The van der Waals surface area contributed by atoms with Crippen molar-refractivity contribution in [3.8, 4) is 5.75 Å². The van der Waals surface area contributed by atoms with E-state index in [-0.39, 0.29) is 12.7 Å². The van der Waals surface area contributed by atoms with Crippen molar-refractivity contribution in [2.75, 3.05) is 11.9 Å². The summed E-state index contributed by atoms with van der Waals surface area (Å²) in [5.74, 6) is -1.24. The highest BCUT2D eigenvalue weighted by atomic mass is 16.5. The average Bonchev–Trinajstić information content (AvgIpc) is 3.17. The molecule has 1 saturated carbocycles. The second-order valence-corrected chi connectivity index (χ2v) is 4.31. The predicted octanol–water partition coefficient (Wildman–Crippen LogP) is 1.43. The molecule has 1 heterocycles. The third kappa shape index (κ3) is 3.67. The Bertz CT molecular complexity index is 497. The molecule has 6 heteroatoms. The van der Waals surface area contributed by atoms with Crippen LogP contribution in [0.25, 0.3) is 0 Å². The van der Waals surface area contributed by atoms with Crippen LogP contribution in [0.2, 0.25) is 0 Å². The van der Waals surface area contributed by atoms with E-state index in [1.807, 2.05) is 0 Å². The highest BCUT2D eigenvalue weighted by Gasteiger charge is 2.25. The quantitative estimate of drug-likeness (QED) is 0.657. The van der Waals surface area contributed by atoms with Gasteiger partial charge in [0.2, 0.25) is 0 Å². The summed E-state index contributed by atoms with van der Waals surface area (Å²) in [6.07, 6.45) is 3.73. The van der Waals surface area contributed by atoms with Gasteiger partial charge in [0.25, 0.3) is 0 Å². The van der Waals surface area contributed by atoms with Crippen LogP contribution in [0.4, 0.5) is 5.69 Å². The van der Waals surface area contributed by atoms with Gasteiger partial charge in [-0.15, -0.1) is 0 Å². The van der Waals surface area contributed by atoms with Crippen molar-refractivity contribution in [1.29, 1.82) is 0 Å². The Morgan fingerprint density at radius 1 is 1.47 bits per heavy atom. The average molecular weight is 264 g/mol. The van der Waals surface area contributed by atoms with Crippen LogP contribution in [0.3, 0.4) is 0 Å². The van der Waals surface area contributed by atoms with E-state index in [4.69, 9.17) is 4.74 Å². The van der Waals surface area contributed by atoms with Crippen LogP contribution in [0.15, 0.2) is 12.3 Å². The zero-order valence-corrected chi connectivity index (χ0v) is 10.9. The van der Waals surface area contributed by atoms with Gasteiger partial charge in [-0.25, -0.2) is 4.79 Å². The Labute approximate surface area is 111 Å². The highest BCUT2D eigenvalue weighted by Crippen LogP contribution is 2.31. The second-order valence-electron chi connectivity index (χ2n) is 4.31. The van der Waals surface area contributed by atoms with E-state index in [9.17, 15) is 9.59 Å². The summed E-state index contributed by atoms with van der Waals surface area (Å²) in [7, 11) is 0. The van der Waals surface area contributed by atoms with Gasteiger partial charge in [0, 0.05) is 5.69 Å². The molecule has 0 atom stereocenters. The molecule has 1 fully saturated rings.